The number of anilines is 1. The van der Waals surface area contributed by atoms with Crippen molar-refractivity contribution >= 4 is 29.9 Å². The van der Waals surface area contributed by atoms with Crippen LogP contribution >= 0.6 is 12.6 Å². The molecule has 2 rings (SSSR count). The van der Waals surface area contributed by atoms with Crippen molar-refractivity contribution in [2.75, 3.05) is 5.32 Å². The van der Waals surface area contributed by atoms with Crippen LogP contribution in [0.2, 0.25) is 0 Å². The molecule has 0 radical (unpaired) electrons. The summed E-state index contributed by atoms with van der Waals surface area (Å²) in [7, 11) is 0. The summed E-state index contributed by atoms with van der Waals surface area (Å²) in [4.78, 5) is 23.2. The molecule has 0 saturated carbocycles. The van der Waals surface area contributed by atoms with Gasteiger partial charge in [0.25, 0.3) is 11.6 Å². The van der Waals surface area contributed by atoms with Gasteiger partial charge in [0.1, 0.15) is 0 Å². The molecule has 20 heavy (non-hydrogen) atoms. The van der Waals surface area contributed by atoms with Gasteiger partial charge in [-0.15, -0.1) is 12.6 Å². The number of amides is 1. The summed E-state index contributed by atoms with van der Waals surface area (Å²) in [5.41, 5.74) is 1.10. The Balaban J connectivity index is 2.33. The first-order chi connectivity index (χ1) is 9.50. The molecule has 0 saturated heterocycles. The minimum absolute atomic E-state index is 0.0724. The van der Waals surface area contributed by atoms with E-state index >= 15 is 0 Å². The van der Waals surface area contributed by atoms with Crippen molar-refractivity contribution in [1.82, 2.24) is 0 Å². The molecule has 2 aromatic carbocycles. The normalized spacial score (nSPS) is 10.1. The van der Waals surface area contributed by atoms with Gasteiger partial charge in [0.15, 0.2) is 0 Å². The zero-order valence-electron chi connectivity index (χ0n) is 10.7. The lowest BCUT2D eigenvalue weighted by molar-refractivity contribution is -0.385. The van der Waals surface area contributed by atoms with Crippen LogP contribution in [0.15, 0.2) is 47.4 Å². The first kappa shape index (κ1) is 14.1. The van der Waals surface area contributed by atoms with Crippen LogP contribution in [-0.2, 0) is 0 Å². The third-order valence-corrected chi connectivity index (χ3v) is 3.29. The van der Waals surface area contributed by atoms with Crippen LogP contribution in [0.4, 0.5) is 11.4 Å². The van der Waals surface area contributed by atoms with Crippen LogP contribution in [0.1, 0.15) is 15.9 Å². The van der Waals surface area contributed by atoms with E-state index in [9.17, 15) is 14.9 Å². The maximum absolute atomic E-state index is 12.2. The molecular weight excluding hydrogens is 276 g/mol. The first-order valence-corrected chi connectivity index (χ1v) is 6.29. The Bertz CT molecular complexity index is 686. The number of thiol groups is 1. The molecule has 1 amide bonds. The second-order valence-electron chi connectivity index (χ2n) is 4.18. The van der Waals surface area contributed by atoms with Crippen molar-refractivity contribution in [2.45, 2.75) is 11.8 Å². The first-order valence-electron chi connectivity index (χ1n) is 5.84. The molecule has 6 heteroatoms. The summed E-state index contributed by atoms with van der Waals surface area (Å²) in [5, 5.41) is 13.6. The Morgan fingerprint density at radius 3 is 2.55 bits per heavy atom. The van der Waals surface area contributed by atoms with E-state index in [0.29, 0.717) is 16.1 Å². The minimum Gasteiger partial charge on any atom is -0.321 e. The molecule has 0 aliphatic heterocycles. The quantitative estimate of drug-likeness (QED) is 0.516. The lowest BCUT2D eigenvalue weighted by Crippen LogP contribution is -2.14. The Morgan fingerprint density at radius 1 is 1.20 bits per heavy atom. The second kappa shape index (κ2) is 5.75. The van der Waals surface area contributed by atoms with Gasteiger partial charge in [0.05, 0.1) is 10.6 Å². The number of nitrogens with one attached hydrogen (secondary N) is 1. The number of para-hydroxylation sites is 1. The number of nitro benzene ring substituents is 1. The van der Waals surface area contributed by atoms with Crippen LogP contribution in [0.5, 0.6) is 0 Å². The molecule has 0 unspecified atom stereocenters. The van der Waals surface area contributed by atoms with Crippen LogP contribution in [0, 0.1) is 17.0 Å². The van der Waals surface area contributed by atoms with E-state index in [2.05, 4.69) is 17.9 Å². The van der Waals surface area contributed by atoms with E-state index in [0.717, 1.165) is 0 Å². The fourth-order valence-corrected chi connectivity index (χ4v) is 2.05. The largest absolute Gasteiger partial charge is 0.321 e. The summed E-state index contributed by atoms with van der Waals surface area (Å²) in [5.74, 6) is -0.396. The highest BCUT2D eigenvalue weighted by Crippen LogP contribution is 2.24. The van der Waals surface area contributed by atoms with Crippen LogP contribution in [0.3, 0.4) is 0 Å². The fraction of sp³-hybridized carbons (Fsp3) is 0.0714. The van der Waals surface area contributed by atoms with Crippen LogP contribution in [0.25, 0.3) is 0 Å². The third kappa shape index (κ3) is 2.80. The lowest BCUT2D eigenvalue weighted by Gasteiger charge is -2.09. The number of carbonyl (C=O) groups is 1. The topological polar surface area (TPSA) is 72.2 Å². The Labute approximate surface area is 121 Å². The number of carbonyl (C=O) groups excluding carboxylic acids is 1. The molecule has 0 atom stereocenters. The summed E-state index contributed by atoms with van der Waals surface area (Å²) in [6, 6.07) is 11.5. The Kier molecular flexibility index (Phi) is 4.05. The van der Waals surface area contributed by atoms with Gasteiger partial charge in [-0.2, -0.15) is 0 Å². The van der Waals surface area contributed by atoms with Crippen molar-refractivity contribution in [2.24, 2.45) is 0 Å². The molecule has 0 bridgehead atoms. The molecule has 2 aromatic rings. The highest BCUT2D eigenvalue weighted by atomic mass is 32.1. The van der Waals surface area contributed by atoms with Crippen molar-refractivity contribution in [3.63, 3.8) is 0 Å². The molecule has 0 spiro atoms. The fourth-order valence-electron chi connectivity index (χ4n) is 1.84. The van der Waals surface area contributed by atoms with Crippen molar-refractivity contribution in [3.8, 4) is 0 Å². The molecule has 0 fully saturated rings. The average molecular weight is 288 g/mol. The van der Waals surface area contributed by atoms with Crippen LogP contribution < -0.4 is 5.32 Å². The zero-order chi connectivity index (χ0) is 14.7. The maximum Gasteiger partial charge on any atom is 0.273 e. The van der Waals surface area contributed by atoms with Gasteiger partial charge >= 0.3 is 0 Å². The molecular formula is C14H12N2O3S. The smallest absolute Gasteiger partial charge is 0.273 e. The van der Waals surface area contributed by atoms with E-state index in [-0.39, 0.29) is 11.3 Å². The highest BCUT2D eigenvalue weighted by molar-refractivity contribution is 7.80. The molecule has 0 heterocycles. The Hall–Kier alpha value is -2.34. The zero-order valence-corrected chi connectivity index (χ0v) is 11.6. The highest BCUT2D eigenvalue weighted by Gasteiger charge is 2.18. The van der Waals surface area contributed by atoms with Gasteiger partial charge in [0, 0.05) is 22.1 Å². The minimum atomic E-state index is -0.501. The summed E-state index contributed by atoms with van der Waals surface area (Å²) >= 11 is 4.24. The third-order valence-electron chi connectivity index (χ3n) is 2.90. The van der Waals surface area contributed by atoms with Gasteiger partial charge in [-0.1, -0.05) is 18.2 Å². The number of nitro groups is 1. The van der Waals surface area contributed by atoms with Gasteiger partial charge in [-0.3, -0.25) is 14.9 Å². The van der Waals surface area contributed by atoms with Crippen molar-refractivity contribution < 1.29 is 9.72 Å². The van der Waals surface area contributed by atoms with E-state index in [4.69, 9.17) is 0 Å². The van der Waals surface area contributed by atoms with E-state index in [1.54, 1.807) is 37.3 Å². The Morgan fingerprint density at radius 2 is 1.90 bits per heavy atom. The molecule has 0 aliphatic carbocycles. The molecule has 0 aromatic heterocycles. The average Bonchev–Trinajstić information content (AvgIpc) is 2.41. The lowest BCUT2D eigenvalue weighted by atomic mass is 10.1. The summed E-state index contributed by atoms with van der Waals surface area (Å²) in [6.07, 6.45) is 0. The predicted molar refractivity (Wildman–Crippen MR) is 79.5 cm³/mol. The van der Waals surface area contributed by atoms with E-state index in [1.807, 2.05) is 0 Å². The molecule has 0 aliphatic rings. The number of rotatable bonds is 3. The second-order valence-corrected chi connectivity index (χ2v) is 4.66. The van der Waals surface area contributed by atoms with Crippen LogP contribution in [-0.4, -0.2) is 10.8 Å². The number of hydrogen-bond acceptors (Lipinski definition) is 4. The molecule has 1 N–H and O–H groups in total. The van der Waals surface area contributed by atoms with Gasteiger partial charge in [-0.25, -0.2) is 0 Å². The van der Waals surface area contributed by atoms with Crippen molar-refractivity contribution in [1.29, 1.82) is 0 Å². The molecule has 5 nitrogen and oxygen atoms in total. The SMILES string of the molecule is Cc1c(C(=O)Nc2ccccc2S)cccc1[N+](=O)[O-]. The molecule has 102 valence electrons. The number of hydrogen-bond donors (Lipinski definition) is 2. The van der Waals surface area contributed by atoms with Gasteiger partial charge in [-0.05, 0) is 25.1 Å². The summed E-state index contributed by atoms with van der Waals surface area (Å²) in [6.45, 7) is 1.56. The summed E-state index contributed by atoms with van der Waals surface area (Å²) < 4.78 is 0. The number of benzene rings is 2. The maximum atomic E-state index is 12.2. The van der Waals surface area contributed by atoms with E-state index < -0.39 is 10.8 Å². The van der Waals surface area contributed by atoms with Gasteiger partial charge < -0.3 is 5.32 Å². The monoisotopic (exact) mass is 288 g/mol. The van der Waals surface area contributed by atoms with Gasteiger partial charge in [0.2, 0.25) is 0 Å². The van der Waals surface area contributed by atoms with E-state index in [1.165, 1.54) is 12.1 Å². The number of nitrogens with zero attached hydrogens (tertiary/aromatic N) is 1. The standard InChI is InChI=1S/C14H12N2O3S/c1-9-10(5-4-7-12(9)16(18)19)14(17)15-11-6-2-3-8-13(11)20/h2-8,20H,1H3,(H,15,17). The predicted octanol–water partition coefficient (Wildman–Crippen LogP) is 3.44. The van der Waals surface area contributed by atoms with Crippen molar-refractivity contribution in [3.05, 3.63) is 63.7 Å².